The summed E-state index contributed by atoms with van der Waals surface area (Å²) in [6.07, 6.45) is 0.402. The predicted octanol–water partition coefficient (Wildman–Crippen LogP) is 5.99. The Bertz CT molecular complexity index is 1110. The van der Waals surface area contributed by atoms with Crippen LogP contribution < -0.4 is 5.32 Å². The van der Waals surface area contributed by atoms with Crippen molar-refractivity contribution in [2.24, 2.45) is 0 Å². The van der Waals surface area contributed by atoms with E-state index in [-0.39, 0.29) is 29.4 Å². The van der Waals surface area contributed by atoms with Crippen LogP contribution >= 0.6 is 27.7 Å². The van der Waals surface area contributed by atoms with Crippen molar-refractivity contribution in [2.45, 2.75) is 44.6 Å². The second-order valence-electron chi connectivity index (χ2n) is 8.60. The van der Waals surface area contributed by atoms with E-state index in [2.05, 4.69) is 21.2 Å². The molecule has 184 valence electrons. The van der Waals surface area contributed by atoms with Crippen LogP contribution in [0.5, 0.6) is 0 Å². The molecule has 0 unspecified atom stereocenters. The summed E-state index contributed by atoms with van der Waals surface area (Å²) >= 11 is 4.80. The topological polar surface area (TPSA) is 49.4 Å². The summed E-state index contributed by atoms with van der Waals surface area (Å²) in [5.41, 5.74) is 2.46. The molecule has 0 saturated heterocycles. The van der Waals surface area contributed by atoms with E-state index >= 15 is 0 Å². The number of thioether (sulfide) groups is 1. The molecule has 0 bridgehead atoms. The molecule has 0 aliphatic carbocycles. The van der Waals surface area contributed by atoms with Gasteiger partial charge in [0, 0.05) is 29.2 Å². The molecule has 0 heterocycles. The number of halogens is 2. The second-order valence-corrected chi connectivity index (χ2v) is 10.5. The van der Waals surface area contributed by atoms with Gasteiger partial charge in [0.15, 0.2) is 0 Å². The van der Waals surface area contributed by atoms with Crippen LogP contribution in [-0.2, 0) is 28.3 Å². The second kappa shape index (κ2) is 13.4. The minimum atomic E-state index is -0.676. The molecule has 0 saturated carbocycles. The molecule has 0 aromatic heterocycles. The van der Waals surface area contributed by atoms with Crippen LogP contribution in [0.3, 0.4) is 0 Å². The lowest BCUT2D eigenvalue weighted by Crippen LogP contribution is -2.52. The third-order valence-corrected chi connectivity index (χ3v) is 6.90. The number of nitrogens with zero attached hydrogens (tertiary/aromatic N) is 1. The molecular formula is C28H30BrFN2O2S. The van der Waals surface area contributed by atoms with Crippen molar-refractivity contribution < 1.29 is 14.0 Å². The van der Waals surface area contributed by atoms with E-state index in [1.807, 2.05) is 68.4 Å². The average Bonchev–Trinajstić information content (AvgIpc) is 2.84. The van der Waals surface area contributed by atoms with Gasteiger partial charge in [-0.05, 0) is 48.7 Å². The number of benzene rings is 3. The van der Waals surface area contributed by atoms with Crippen molar-refractivity contribution in [1.29, 1.82) is 0 Å². The van der Waals surface area contributed by atoms with Gasteiger partial charge in [0.25, 0.3) is 0 Å². The van der Waals surface area contributed by atoms with Crippen molar-refractivity contribution in [3.63, 3.8) is 0 Å². The number of carbonyl (C=O) groups is 2. The lowest BCUT2D eigenvalue weighted by Gasteiger charge is -2.32. The number of hydrogen-bond acceptors (Lipinski definition) is 3. The zero-order valence-electron chi connectivity index (χ0n) is 19.9. The van der Waals surface area contributed by atoms with Crippen LogP contribution in [0.2, 0.25) is 0 Å². The maximum atomic E-state index is 14.0. The van der Waals surface area contributed by atoms with Gasteiger partial charge in [-0.2, -0.15) is 0 Å². The van der Waals surface area contributed by atoms with Gasteiger partial charge in [-0.25, -0.2) is 4.39 Å². The fraction of sp³-hybridized carbons (Fsp3) is 0.286. The van der Waals surface area contributed by atoms with Crippen LogP contribution in [0.4, 0.5) is 4.39 Å². The van der Waals surface area contributed by atoms with E-state index in [1.54, 1.807) is 23.1 Å². The normalized spacial score (nSPS) is 11.8. The number of carbonyl (C=O) groups excluding carboxylic acids is 2. The molecule has 2 amide bonds. The summed E-state index contributed by atoms with van der Waals surface area (Å²) in [5.74, 6) is -0.100. The van der Waals surface area contributed by atoms with Crippen molar-refractivity contribution >= 4 is 39.5 Å². The number of hydrogen-bond donors (Lipinski definition) is 1. The van der Waals surface area contributed by atoms with E-state index in [1.165, 1.54) is 17.8 Å². The highest BCUT2D eigenvalue weighted by atomic mass is 79.9. The minimum Gasteiger partial charge on any atom is -0.352 e. The molecule has 0 radical (unpaired) electrons. The Labute approximate surface area is 219 Å². The monoisotopic (exact) mass is 556 g/mol. The Morgan fingerprint density at radius 2 is 1.60 bits per heavy atom. The van der Waals surface area contributed by atoms with Gasteiger partial charge in [0.05, 0.1) is 5.75 Å². The van der Waals surface area contributed by atoms with Gasteiger partial charge in [-0.15, -0.1) is 11.8 Å². The van der Waals surface area contributed by atoms with E-state index in [0.29, 0.717) is 24.3 Å². The van der Waals surface area contributed by atoms with Gasteiger partial charge in [-0.1, -0.05) is 76.6 Å². The summed E-state index contributed by atoms with van der Waals surface area (Å²) in [6, 6.07) is 23.3. The van der Waals surface area contributed by atoms with Crippen LogP contribution in [0.1, 0.15) is 30.5 Å². The molecule has 0 spiro atoms. The molecule has 3 aromatic rings. The molecule has 4 nitrogen and oxygen atoms in total. The molecule has 7 heteroatoms. The zero-order chi connectivity index (χ0) is 25.2. The fourth-order valence-corrected chi connectivity index (χ4v) is 4.83. The van der Waals surface area contributed by atoms with Crippen LogP contribution in [0, 0.1) is 5.82 Å². The SMILES string of the molecule is CC(C)NC(=O)[C@H](Cc1ccccc1)N(Cc1ccc(Br)cc1)C(=O)CSCc1ccccc1F. The molecule has 0 fully saturated rings. The molecule has 3 aromatic carbocycles. The average molecular weight is 558 g/mol. The lowest BCUT2D eigenvalue weighted by molar-refractivity contribution is -0.139. The highest BCUT2D eigenvalue weighted by Gasteiger charge is 2.30. The molecule has 0 aliphatic heterocycles. The summed E-state index contributed by atoms with van der Waals surface area (Å²) in [4.78, 5) is 28.5. The van der Waals surface area contributed by atoms with E-state index in [0.717, 1.165) is 15.6 Å². The van der Waals surface area contributed by atoms with Gasteiger partial charge in [0.1, 0.15) is 11.9 Å². The predicted molar refractivity (Wildman–Crippen MR) is 144 cm³/mol. The first-order chi connectivity index (χ1) is 16.8. The van der Waals surface area contributed by atoms with Crippen molar-refractivity contribution in [3.05, 3.63) is 106 Å². The lowest BCUT2D eigenvalue weighted by atomic mass is 10.0. The first kappa shape index (κ1) is 27.0. The molecule has 3 rings (SSSR count). The first-order valence-corrected chi connectivity index (χ1v) is 13.5. The third-order valence-electron chi connectivity index (χ3n) is 5.41. The van der Waals surface area contributed by atoms with Crippen molar-refractivity contribution in [3.8, 4) is 0 Å². The first-order valence-electron chi connectivity index (χ1n) is 11.5. The molecule has 1 N–H and O–H groups in total. The van der Waals surface area contributed by atoms with Crippen molar-refractivity contribution in [1.82, 2.24) is 10.2 Å². The number of rotatable bonds is 11. The maximum Gasteiger partial charge on any atom is 0.243 e. The Balaban J connectivity index is 1.84. The highest BCUT2D eigenvalue weighted by Crippen LogP contribution is 2.20. The van der Waals surface area contributed by atoms with Gasteiger partial charge in [0.2, 0.25) is 11.8 Å². The molecule has 35 heavy (non-hydrogen) atoms. The smallest absolute Gasteiger partial charge is 0.243 e. The maximum absolute atomic E-state index is 14.0. The van der Waals surface area contributed by atoms with E-state index in [4.69, 9.17) is 0 Å². The summed E-state index contributed by atoms with van der Waals surface area (Å²) in [6.45, 7) is 4.11. The van der Waals surface area contributed by atoms with Crippen LogP contribution in [0.25, 0.3) is 0 Å². The van der Waals surface area contributed by atoms with Gasteiger partial charge >= 0.3 is 0 Å². The molecule has 1 atom stereocenters. The largest absolute Gasteiger partial charge is 0.352 e. The fourth-order valence-electron chi connectivity index (χ4n) is 3.67. The Morgan fingerprint density at radius 3 is 2.26 bits per heavy atom. The minimum absolute atomic E-state index is 0.0548. The zero-order valence-corrected chi connectivity index (χ0v) is 22.3. The summed E-state index contributed by atoms with van der Waals surface area (Å²) < 4.78 is 15.0. The number of nitrogens with one attached hydrogen (secondary N) is 1. The quantitative estimate of drug-likeness (QED) is 0.315. The highest BCUT2D eigenvalue weighted by molar-refractivity contribution is 9.10. The third kappa shape index (κ3) is 8.51. The van der Waals surface area contributed by atoms with E-state index < -0.39 is 6.04 Å². The standard InChI is InChI=1S/C28H30BrFN2O2S/c1-20(2)31-28(34)26(16-21-8-4-3-5-9-21)32(17-22-12-14-24(29)15-13-22)27(33)19-35-18-23-10-6-7-11-25(23)30/h3-15,20,26H,16-19H2,1-2H3,(H,31,34)/t26-/m0/s1. The van der Waals surface area contributed by atoms with Crippen LogP contribution in [0.15, 0.2) is 83.3 Å². The van der Waals surface area contributed by atoms with Crippen LogP contribution in [-0.4, -0.2) is 34.6 Å². The number of amides is 2. The molecular weight excluding hydrogens is 527 g/mol. The van der Waals surface area contributed by atoms with Gasteiger partial charge < -0.3 is 10.2 Å². The Morgan fingerprint density at radius 1 is 0.943 bits per heavy atom. The van der Waals surface area contributed by atoms with Gasteiger partial charge in [-0.3, -0.25) is 9.59 Å². The van der Waals surface area contributed by atoms with Crippen molar-refractivity contribution in [2.75, 3.05) is 5.75 Å². The summed E-state index contributed by atoms with van der Waals surface area (Å²) in [7, 11) is 0. The van der Waals surface area contributed by atoms with E-state index in [9.17, 15) is 14.0 Å². The molecule has 0 aliphatic rings. The Kier molecular flexibility index (Phi) is 10.4. The summed E-state index contributed by atoms with van der Waals surface area (Å²) in [5, 5.41) is 2.99. The Hall–Kier alpha value is -2.64.